The molecule has 3 rings (SSSR count). The lowest BCUT2D eigenvalue weighted by molar-refractivity contribution is 0.754. The lowest BCUT2D eigenvalue weighted by Gasteiger charge is -2.12. The molecule has 122 valence electrons. The van der Waals surface area contributed by atoms with Crippen LogP contribution in [0.3, 0.4) is 0 Å². The number of rotatable bonds is 5. The molecule has 2 aromatic carbocycles. The summed E-state index contributed by atoms with van der Waals surface area (Å²) in [7, 11) is 1.75. The van der Waals surface area contributed by atoms with Gasteiger partial charge in [0.2, 0.25) is 0 Å². The maximum Gasteiger partial charge on any atom is 0.191 e. The summed E-state index contributed by atoms with van der Waals surface area (Å²) in [4.78, 5) is 4.24. The van der Waals surface area contributed by atoms with E-state index < -0.39 is 0 Å². The van der Waals surface area contributed by atoms with Crippen LogP contribution >= 0.6 is 0 Å². The van der Waals surface area contributed by atoms with Crippen molar-refractivity contribution < 1.29 is 0 Å². The van der Waals surface area contributed by atoms with Crippen molar-refractivity contribution in [2.75, 3.05) is 7.05 Å². The highest BCUT2D eigenvalue weighted by atomic mass is 15.3. The van der Waals surface area contributed by atoms with E-state index >= 15 is 0 Å². The van der Waals surface area contributed by atoms with Crippen LogP contribution in [0.2, 0.25) is 0 Å². The summed E-state index contributed by atoms with van der Waals surface area (Å²) in [6.07, 6.45) is 1.71. The normalized spacial score (nSPS) is 11.3. The van der Waals surface area contributed by atoms with E-state index in [2.05, 4.69) is 38.0 Å². The highest BCUT2D eigenvalue weighted by Crippen LogP contribution is 2.08. The molecule has 0 radical (unpaired) electrons. The molecule has 6 nitrogen and oxygen atoms in total. The van der Waals surface area contributed by atoms with Gasteiger partial charge < -0.3 is 10.6 Å². The van der Waals surface area contributed by atoms with Gasteiger partial charge in [-0.05, 0) is 17.7 Å². The quantitative estimate of drug-likeness (QED) is 0.558. The Labute approximate surface area is 141 Å². The predicted molar refractivity (Wildman–Crippen MR) is 94.8 cm³/mol. The van der Waals surface area contributed by atoms with Crippen molar-refractivity contribution in [2.45, 2.75) is 13.1 Å². The fourth-order valence-electron chi connectivity index (χ4n) is 2.35. The zero-order chi connectivity index (χ0) is 16.6. The van der Waals surface area contributed by atoms with Gasteiger partial charge in [-0.2, -0.15) is 0 Å². The average molecular weight is 320 g/mol. The van der Waals surface area contributed by atoms with E-state index in [4.69, 9.17) is 0 Å². The predicted octanol–water partition coefficient (Wildman–Crippen LogP) is 2.13. The van der Waals surface area contributed by atoms with Gasteiger partial charge in [-0.25, -0.2) is 0 Å². The van der Waals surface area contributed by atoms with E-state index in [1.54, 1.807) is 13.4 Å². The third-order valence-corrected chi connectivity index (χ3v) is 3.59. The van der Waals surface area contributed by atoms with Crippen LogP contribution in [-0.2, 0) is 13.1 Å². The van der Waals surface area contributed by atoms with Crippen LogP contribution in [-0.4, -0.2) is 27.8 Å². The Morgan fingerprint density at radius 3 is 2.33 bits per heavy atom. The van der Waals surface area contributed by atoms with Crippen molar-refractivity contribution >= 4 is 5.96 Å². The van der Waals surface area contributed by atoms with Crippen molar-refractivity contribution in [1.29, 1.82) is 0 Å². The lowest BCUT2D eigenvalue weighted by Crippen LogP contribution is -2.36. The number of nitrogens with zero attached hydrogens (tertiary/aromatic N) is 4. The first-order valence-electron chi connectivity index (χ1n) is 7.79. The summed E-state index contributed by atoms with van der Waals surface area (Å²) in [6, 6.07) is 20.2. The molecular formula is C18H20N6. The maximum atomic E-state index is 4.24. The Kier molecular flexibility index (Phi) is 5.19. The van der Waals surface area contributed by atoms with Crippen LogP contribution in [0, 0.1) is 0 Å². The molecular weight excluding hydrogens is 300 g/mol. The van der Waals surface area contributed by atoms with Crippen molar-refractivity contribution in [3.8, 4) is 5.69 Å². The van der Waals surface area contributed by atoms with Crippen LogP contribution in [0.25, 0.3) is 5.69 Å². The standard InChI is InChI=1S/C18H20N6/c1-19-18(20-12-15-8-4-2-5-9-15)21-13-17-23-22-14-24(17)16-10-6-3-7-11-16/h2-11,14H,12-13H2,1H3,(H2,19,20,21). The molecule has 2 N–H and O–H groups in total. The van der Waals surface area contributed by atoms with Crippen LogP contribution in [0.15, 0.2) is 72.0 Å². The molecule has 0 unspecified atom stereocenters. The van der Waals surface area contributed by atoms with Crippen molar-refractivity contribution in [3.05, 3.63) is 78.4 Å². The average Bonchev–Trinajstić information content (AvgIpc) is 3.12. The second kappa shape index (κ2) is 7.92. The lowest BCUT2D eigenvalue weighted by atomic mass is 10.2. The van der Waals surface area contributed by atoms with Crippen molar-refractivity contribution in [1.82, 2.24) is 25.4 Å². The Morgan fingerprint density at radius 2 is 1.62 bits per heavy atom. The summed E-state index contributed by atoms with van der Waals surface area (Å²) in [6.45, 7) is 1.25. The number of para-hydroxylation sites is 1. The SMILES string of the molecule is CN=C(NCc1ccccc1)NCc1nncn1-c1ccccc1. The molecule has 1 heterocycles. The summed E-state index contributed by atoms with van der Waals surface area (Å²) >= 11 is 0. The smallest absolute Gasteiger partial charge is 0.191 e. The van der Waals surface area contributed by atoms with Crippen molar-refractivity contribution in [3.63, 3.8) is 0 Å². The molecule has 0 spiro atoms. The van der Waals surface area contributed by atoms with Crippen LogP contribution in [0.1, 0.15) is 11.4 Å². The molecule has 0 saturated carbocycles. The molecule has 24 heavy (non-hydrogen) atoms. The third kappa shape index (κ3) is 3.98. The van der Waals surface area contributed by atoms with E-state index in [0.29, 0.717) is 13.1 Å². The Hall–Kier alpha value is -3.15. The minimum Gasteiger partial charge on any atom is -0.352 e. The molecule has 0 saturated heterocycles. The van der Waals surface area contributed by atoms with Gasteiger partial charge >= 0.3 is 0 Å². The van der Waals surface area contributed by atoms with Gasteiger partial charge in [0.1, 0.15) is 6.33 Å². The summed E-state index contributed by atoms with van der Waals surface area (Å²) < 4.78 is 1.96. The molecule has 6 heteroatoms. The highest BCUT2D eigenvalue weighted by molar-refractivity contribution is 5.79. The van der Waals surface area contributed by atoms with Gasteiger partial charge in [-0.15, -0.1) is 10.2 Å². The Morgan fingerprint density at radius 1 is 0.958 bits per heavy atom. The summed E-state index contributed by atoms with van der Waals surface area (Å²) in [5, 5.41) is 14.7. The molecule has 0 aliphatic carbocycles. The van der Waals surface area contributed by atoms with E-state index in [-0.39, 0.29) is 0 Å². The second-order valence-electron chi connectivity index (χ2n) is 5.22. The highest BCUT2D eigenvalue weighted by Gasteiger charge is 2.07. The molecule has 0 fully saturated rings. The van der Waals surface area contributed by atoms with Gasteiger partial charge in [0.25, 0.3) is 0 Å². The van der Waals surface area contributed by atoms with Gasteiger partial charge in [-0.1, -0.05) is 48.5 Å². The minimum absolute atomic E-state index is 0.531. The molecule has 0 bridgehead atoms. The Bertz CT molecular complexity index is 780. The minimum atomic E-state index is 0.531. The molecule has 0 aliphatic rings. The molecule has 0 amide bonds. The van der Waals surface area contributed by atoms with Gasteiger partial charge in [0.15, 0.2) is 11.8 Å². The van der Waals surface area contributed by atoms with Gasteiger partial charge in [0, 0.05) is 19.3 Å². The summed E-state index contributed by atoms with van der Waals surface area (Å²) in [5.41, 5.74) is 2.24. The molecule has 3 aromatic rings. The van der Waals surface area contributed by atoms with E-state index in [1.807, 2.05) is 53.1 Å². The first-order chi connectivity index (χ1) is 11.9. The van der Waals surface area contributed by atoms with E-state index in [9.17, 15) is 0 Å². The Balaban J connectivity index is 1.60. The van der Waals surface area contributed by atoms with E-state index in [1.165, 1.54) is 5.56 Å². The maximum absolute atomic E-state index is 4.24. The van der Waals surface area contributed by atoms with E-state index in [0.717, 1.165) is 17.5 Å². The fraction of sp³-hybridized carbons (Fsp3) is 0.167. The largest absolute Gasteiger partial charge is 0.352 e. The number of hydrogen-bond acceptors (Lipinski definition) is 3. The number of nitrogens with one attached hydrogen (secondary N) is 2. The van der Waals surface area contributed by atoms with Crippen LogP contribution in [0.4, 0.5) is 0 Å². The second-order valence-corrected chi connectivity index (χ2v) is 5.22. The van der Waals surface area contributed by atoms with Gasteiger partial charge in [0.05, 0.1) is 6.54 Å². The summed E-state index contributed by atoms with van der Waals surface area (Å²) in [5.74, 6) is 1.55. The molecule has 0 atom stereocenters. The number of guanidine groups is 1. The third-order valence-electron chi connectivity index (χ3n) is 3.59. The first-order valence-corrected chi connectivity index (χ1v) is 7.79. The van der Waals surface area contributed by atoms with Crippen molar-refractivity contribution in [2.24, 2.45) is 4.99 Å². The number of hydrogen-bond donors (Lipinski definition) is 2. The zero-order valence-corrected chi connectivity index (χ0v) is 13.6. The van der Waals surface area contributed by atoms with Gasteiger partial charge in [-0.3, -0.25) is 9.56 Å². The van der Waals surface area contributed by atoms with Crippen LogP contribution < -0.4 is 10.6 Å². The fourth-order valence-corrected chi connectivity index (χ4v) is 2.35. The molecule has 0 aliphatic heterocycles. The number of benzene rings is 2. The number of aromatic nitrogens is 3. The first kappa shape index (κ1) is 15.7. The monoisotopic (exact) mass is 320 g/mol. The topological polar surface area (TPSA) is 67.1 Å². The zero-order valence-electron chi connectivity index (χ0n) is 13.6. The molecule has 1 aromatic heterocycles. The van der Waals surface area contributed by atoms with Crippen LogP contribution in [0.5, 0.6) is 0 Å². The number of aliphatic imine (C=N–C) groups is 1.